The number of methoxy groups -OCH3 is 1. The number of furan rings is 1. The van der Waals surface area contributed by atoms with Gasteiger partial charge >= 0.3 is 0 Å². The van der Waals surface area contributed by atoms with Crippen LogP contribution < -0.4 is 4.74 Å². The maximum absolute atomic E-state index is 5.59. The highest BCUT2D eigenvalue weighted by Gasteiger charge is 2.38. The Hall–Kier alpha value is -2.52. The van der Waals surface area contributed by atoms with Gasteiger partial charge in [-0.1, -0.05) is 36.4 Å². The number of hydrogen-bond donors (Lipinski definition) is 0. The number of rotatable bonds is 6. The van der Waals surface area contributed by atoms with Gasteiger partial charge in [-0.2, -0.15) is 0 Å². The van der Waals surface area contributed by atoms with Crippen molar-refractivity contribution in [2.24, 2.45) is 0 Å². The molecular formula is C27H31NO2. The Labute approximate surface area is 179 Å². The van der Waals surface area contributed by atoms with Crippen molar-refractivity contribution >= 4 is 0 Å². The van der Waals surface area contributed by atoms with Gasteiger partial charge < -0.3 is 9.15 Å². The molecule has 2 heterocycles. The molecule has 0 radical (unpaired) electrons. The lowest BCUT2D eigenvalue weighted by Gasteiger charge is -2.39. The van der Waals surface area contributed by atoms with Crippen molar-refractivity contribution in [2.45, 2.75) is 50.0 Å². The van der Waals surface area contributed by atoms with Crippen LogP contribution in [0.3, 0.4) is 0 Å². The largest absolute Gasteiger partial charge is 0.497 e. The third kappa shape index (κ3) is 3.91. The topological polar surface area (TPSA) is 25.6 Å². The fourth-order valence-corrected chi connectivity index (χ4v) is 5.67. The van der Waals surface area contributed by atoms with E-state index in [1.54, 1.807) is 13.4 Å². The van der Waals surface area contributed by atoms with Crippen LogP contribution >= 0.6 is 0 Å². The van der Waals surface area contributed by atoms with Gasteiger partial charge in [0.05, 0.1) is 13.4 Å². The van der Waals surface area contributed by atoms with Crippen LogP contribution in [0.2, 0.25) is 0 Å². The van der Waals surface area contributed by atoms with Gasteiger partial charge in [0.25, 0.3) is 0 Å². The second-order valence-electron chi connectivity index (χ2n) is 8.79. The zero-order valence-electron chi connectivity index (χ0n) is 17.8. The third-order valence-electron chi connectivity index (χ3n) is 7.13. The van der Waals surface area contributed by atoms with Gasteiger partial charge in [0.1, 0.15) is 11.5 Å². The quantitative estimate of drug-likeness (QED) is 0.521. The summed E-state index contributed by atoms with van der Waals surface area (Å²) in [6.45, 7) is 2.28. The second-order valence-corrected chi connectivity index (χ2v) is 8.79. The van der Waals surface area contributed by atoms with E-state index in [9.17, 15) is 0 Å². The van der Waals surface area contributed by atoms with Crippen LogP contribution in [0.4, 0.5) is 0 Å². The molecule has 1 aromatic heterocycles. The zero-order chi connectivity index (χ0) is 20.3. The molecule has 2 aromatic carbocycles. The number of hydrogen-bond acceptors (Lipinski definition) is 3. The van der Waals surface area contributed by atoms with Gasteiger partial charge in [-0.05, 0) is 79.1 Å². The first-order valence-electron chi connectivity index (χ1n) is 11.3. The molecule has 3 heteroatoms. The molecular weight excluding hydrogens is 370 g/mol. The van der Waals surface area contributed by atoms with Gasteiger partial charge in [0.15, 0.2) is 0 Å². The van der Waals surface area contributed by atoms with E-state index >= 15 is 0 Å². The van der Waals surface area contributed by atoms with E-state index in [1.807, 2.05) is 6.07 Å². The summed E-state index contributed by atoms with van der Waals surface area (Å²) < 4.78 is 11.2. The molecule has 0 amide bonds. The van der Waals surface area contributed by atoms with E-state index in [2.05, 4.69) is 59.5 Å². The molecule has 0 saturated carbocycles. The van der Waals surface area contributed by atoms with Crippen LogP contribution in [0, 0.1) is 0 Å². The first-order valence-corrected chi connectivity index (χ1v) is 11.3. The monoisotopic (exact) mass is 401 g/mol. The summed E-state index contributed by atoms with van der Waals surface area (Å²) >= 11 is 0. The first kappa shape index (κ1) is 19.4. The second kappa shape index (κ2) is 8.69. The van der Waals surface area contributed by atoms with E-state index in [-0.39, 0.29) is 0 Å². The van der Waals surface area contributed by atoms with Gasteiger partial charge in [-0.3, -0.25) is 4.90 Å². The van der Waals surface area contributed by atoms with Gasteiger partial charge in [0, 0.05) is 24.9 Å². The predicted octanol–water partition coefficient (Wildman–Crippen LogP) is 5.81. The summed E-state index contributed by atoms with van der Waals surface area (Å²) in [5.41, 5.74) is 4.48. The van der Waals surface area contributed by atoms with Crippen molar-refractivity contribution in [3.8, 4) is 5.75 Å². The highest BCUT2D eigenvalue weighted by Crippen LogP contribution is 2.45. The molecule has 1 saturated heterocycles. The smallest absolute Gasteiger partial charge is 0.119 e. The molecule has 1 fully saturated rings. The van der Waals surface area contributed by atoms with E-state index in [4.69, 9.17) is 9.15 Å². The first-order chi connectivity index (χ1) is 14.8. The Morgan fingerprint density at radius 2 is 1.97 bits per heavy atom. The van der Waals surface area contributed by atoms with E-state index < -0.39 is 0 Å². The minimum Gasteiger partial charge on any atom is -0.497 e. The Bertz CT molecular complexity index is 950. The number of fused-ring (bicyclic) bond motifs is 1. The number of benzene rings is 2. The third-order valence-corrected chi connectivity index (χ3v) is 7.13. The van der Waals surface area contributed by atoms with Crippen molar-refractivity contribution in [2.75, 3.05) is 20.2 Å². The lowest BCUT2D eigenvalue weighted by atomic mass is 9.71. The number of likely N-dealkylation sites (tertiary alicyclic amines) is 1. The van der Waals surface area contributed by atoms with E-state index in [0.717, 1.165) is 30.9 Å². The summed E-state index contributed by atoms with van der Waals surface area (Å²) in [5.74, 6) is 3.21. The van der Waals surface area contributed by atoms with Crippen molar-refractivity contribution < 1.29 is 9.15 Å². The maximum Gasteiger partial charge on any atom is 0.119 e. The fraction of sp³-hybridized carbons (Fsp3) is 0.407. The molecule has 3 unspecified atom stereocenters. The van der Waals surface area contributed by atoms with Crippen LogP contribution in [0.15, 0.2) is 71.3 Å². The van der Waals surface area contributed by atoms with Crippen LogP contribution in [-0.4, -0.2) is 31.1 Å². The minimum atomic E-state index is 0.573. The van der Waals surface area contributed by atoms with Crippen molar-refractivity contribution in [3.05, 3.63) is 89.4 Å². The summed E-state index contributed by atoms with van der Waals surface area (Å²) in [6, 6.07) is 22.5. The molecule has 0 bridgehead atoms. The SMILES string of the molecule is COc1ccc2c(c1)CC(c1ccccc1)CC2C1CCCN1CCc1ccco1. The molecule has 30 heavy (non-hydrogen) atoms. The normalized spacial score (nSPS) is 24.0. The Balaban J connectivity index is 1.43. The maximum atomic E-state index is 5.59. The highest BCUT2D eigenvalue weighted by molar-refractivity contribution is 5.42. The Kier molecular flexibility index (Phi) is 5.63. The minimum absolute atomic E-state index is 0.573. The lowest BCUT2D eigenvalue weighted by molar-refractivity contribution is 0.206. The standard InChI is InChI=1S/C27H31NO2/c1-29-24-11-12-25-22(18-24)17-21(20-7-3-2-4-8-20)19-26(25)27-10-5-14-28(27)15-13-23-9-6-16-30-23/h2-4,6-9,11-12,16,18,21,26-27H,5,10,13-15,17,19H2,1H3. The summed E-state index contributed by atoms with van der Waals surface area (Å²) in [7, 11) is 1.77. The molecule has 3 aromatic rings. The summed E-state index contributed by atoms with van der Waals surface area (Å²) in [5, 5.41) is 0. The molecule has 3 atom stereocenters. The van der Waals surface area contributed by atoms with Crippen molar-refractivity contribution in [1.29, 1.82) is 0 Å². The zero-order valence-corrected chi connectivity index (χ0v) is 17.8. The van der Waals surface area contributed by atoms with Gasteiger partial charge in [-0.15, -0.1) is 0 Å². The number of nitrogens with zero attached hydrogens (tertiary/aromatic N) is 1. The molecule has 5 rings (SSSR count). The Morgan fingerprint density at radius 3 is 2.77 bits per heavy atom. The lowest BCUT2D eigenvalue weighted by Crippen LogP contribution is -2.38. The summed E-state index contributed by atoms with van der Waals surface area (Å²) in [4.78, 5) is 2.72. The van der Waals surface area contributed by atoms with Gasteiger partial charge in [-0.25, -0.2) is 0 Å². The highest BCUT2D eigenvalue weighted by atomic mass is 16.5. The molecule has 1 aliphatic heterocycles. The molecule has 0 spiro atoms. The van der Waals surface area contributed by atoms with E-state index in [1.165, 1.54) is 42.5 Å². The molecule has 2 aliphatic rings. The number of ether oxygens (including phenoxy) is 1. The molecule has 156 valence electrons. The molecule has 0 N–H and O–H groups in total. The van der Waals surface area contributed by atoms with Crippen molar-refractivity contribution in [3.63, 3.8) is 0 Å². The summed E-state index contributed by atoms with van der Waals surface area (Å²) in [6.07, 6.45) is 7.69. The molecule has 1 aliphatic carbocycles. The fourth-order valence-electron chi connectivity index (χ4n) is 5.67. The van der Waals surface area contributed by atoms with Crippen LogP contribution in [-0.2, 0) is 12.8 Å². The van der Waals surface area contributed by atoms with Crippen LogP contribution in [0.5, 0.6) is 5.75 Å². The van der Waals surface area contributed by atoms with E-state index in [0.29, 0.717) is 17.9 Å². The molecule has 3 nitrogen and oxygen atoms in total. The predicted molar refractivity (Wildman–Crippen MR) is 120 cm³/mol. The average molecular weight is 402 g/mol. The van der Waals surface area contributed by atoms with Crippen LogP contribution in [0.25, 0.3) is 0 Å². The van der Waals surface area contributed by atoms with Crippen molar-refractivity contribution in [1.82, 2.24) is 4.90 Å². The Morgan fingerprint density at radius 1 is 1.07 bits per heavy atom. The van der Waals surface area contributed by atoms with Gasteiger partial charge in [0.2, 0.25) is 0 Å². The van der Waals surface area contributed by atoms with Crippen LogP contribution in [0.1, 0.15) is 53.5 Å². The average Bonchev–Trinajstić information content (AvgIpc) is 3.49.